The Morgan fingerprint density at radius 3 is 2.33 bits per heavy atom. The van der Waals surface area contributed by atoms with Crippen LogP contribution in [0.15, 0.2) is 0 Å². The van der Waals surface area contributed by atoms with Crippen LogP contribution in [0.25, 0.3) is 0 Å². The van der Waals surface area contributed by atoms with Crippen molar-refractivity contribution in [3.8, 4) is 0 Å². The molecule has 4 nitrogen and oxygen atoms in total. The summed E-state index contributed by atoms with van der Waals surface area (Å²) in [5.41, 5.74) is -0.543. The number of carbonyl (C=O) groups excluding carboxylic acids is 1. The lowest BCUT2D eigenvalue weighted by Crippen LogP contribution is -2.50. The van der Waals surface area contributed by atoms with Crippen LogP contribution in [0.4, 0.5) is 0 Å². The van der Waals surface area contributed by atoms with E-state index in [9.17, 15) is 4.79 Å². The molecule has 0 aromatic heterocycles. The van der Waals surface area contributed by atoms with Crippen molar-refractivity contribution in [2.75, 3.05) is 27.2 Å². The summed E-state index contributed by atoms with van der Waals surface area (Å²) in [6, 6.07) is 0.676. The van der Waals surface area contributed by atoms with Crippen LogP contribution in [0.3, 0.4) is 0 Å². The van der Waals surface area contributed by atoms with Crippen molar-refractivity contribution in [1.29, 1.82) is 0 Å². The lowest BCUT2D eigenvalue weighted by molar-refractivity contribution is -0.148. The average molecular weight is 300 g/mol. The Bertz CT molecular complexity index is 280. The van der Waals surface area contributed by atoms with Gasteiger partial charge in [-0.1, -0.05) is 20.8 Å². The summed E-state index contributed by atoms with van der Waals surface area (Å²) in [6.45, 7) is 10.5. The van der Waals surface area contributed by atoms with Gasteiger partial charge in [0.2, 0.25) is 0 Å². The SMILES string of the molecule is CCCNC(C)(CCCCN(C)C(CC)CC)C(=O)OC. The summed E-state index contributed by atoms with van der Waals surface area (Å²) in [5.74, 6) is -0.149. The first-order valence-electron chi connectivity index (χ1n) is 8.48. The summed E-state index contributed by atoms with van der Waals surface area (Å²) in [5, 5.41) is 3.34. The molecular formula is C17H36N2O2. The number of ether oxygens (including phenoxy) is 1. The van der Waals surface area contributed by atoms with E-state index in [0.29, 0.717) is 6.04 Å². The van der Waals surface area contributed by atoms with E-state index < -0.39 is 5.54 Å². The summed E-state index contributed by atoms with van der Waals surface area (Å²) in [7, 11) is 3.67. The number of methoxy groups -OCH3 is 1. The summed E-state index contributed by atoms with van der Waals surface area (Å²) >= 11 is 0. The smallest absolute Gasteiger partial charge is 0.325 e. The van der Waals surface area contributed by atoms with Crippen molar-refractivity contribution in [3.63, 3.8) is 0 Å². The van der Waals surface area contributed by atoms with E-state index in [2.05, 4.69) is 38.0 Å². The topological polar surface area (TPSA) is 41.6 Å². The molecule has 21 heavy (non-hydrogen) atoms. The highest BCUT2D eigenvalue weighted by Gasteiger charge is 2.32. The van der Waals surface area contributed by atoms with Crippen LogP contribution in [0.5, 0.6) is 0 Å². The Balaban J connectivity index is 4.22. The monoisotopic (exact) mass is 300 g/mol. The van der Waals surface area contributed by atoms with Crippen molar-refractivity contribution in [3.05, 3.63) is 0 Å². The van der Waals surface area contributed by atoms with Crippen molar-refractivity contribution in [1.82, 2.24) is 10.2 Å². The fraction of sp³-hybridized carbons (Fsp3) is 0.941. The van der Waals surface area contributed by atoms with Crippen LogP contribution < -0.4 is 5.32 Å². The quantitative estimate of drug-likeness (QED) is 0.444. The van der Waals surface area contributed by atoms with Crippen LogP contribution in [0.1, 0.15) is 66.2 Å². The second-order valence-electron chi connectivity index (χ2n) is 6.16. The van der Waals surface area contributed by atoms with Gasteiger partial charge in [-0.05, 0) is 65.6 Å². The van der Waals surface area contributed by atoms with Gasteiger partial charge in [0, 0.05) is 6.04 Å². The van der Waals surface area contributed by atoms with Crippen LogP contribution in [0.2, 0.25) is 0 Å². The average Bonchev–Trinajstić information content (AvgIpc) is 2.49. The first-order valence-corrected chi connectivity index (χ1v) is 8.48. The minimum atomic E-state index is -0.543. The molecule has 0 aliphatic heterocycles. The zero-order valence-corrected chi connectivity index (χ0v) is 15.0. The van der Waals surface area contributed by atoms with Crippen LogP contribution in [0, 0.1) is 0 Å². The Hall–Kier alpha value is -0.610. The number of carbonyl (C=O) groups is 1. The molecular weight excluding hydrogens is 264 g/mol. The summed E-state index contributed by atoms with van der Waals surface area (Å²) < 4.78 is 4.95. The molecule has 4 heteroatoms. The highest BCUT2D eigenvalue weighted by molar-refractivity contribution is 5.80. The Labute approximate surface area is 131 Å². The van der Waals surface area contributed by atoms with E-state index >= 15 is 0 Å². The molecule has 0 aromatic rings. The third-order valence-corrected chi connectivity index (χ3v) is 4.40. The fourth-order valence-electron chi connectivity index (χ4n) is 2.82. The predicted molar refractivity (Wildman–Crippen MR) is 89.6 cm³/mol. The maximum absolute atomic E-state index is 12.0. The lowest BCUT2D eigenvalue weighted by atomic mass is 9.94. The zero-order chi connectivity index (χ0) is 16.3. The minimum absolute atomic E-state index is 0.149. The maximum Gasteiger partial charge on any atom is 0.325 e. The molecule has 0 bridgehead atoms. The van der Waals surface area contributed by atoms with Crippen molar-refractivity contribution in [2.45, 2.75) is 77.8 Å². The van der Waals surface area contributed by atoms with Gasteiger partial charge in [-0.2, -0.15) is 0 Å². The molecule has 0 aliphatic rings. The van der Waals surface area contributed by atoms with Gasteiger partial charge in [-0.15, -0.1) is 0 Å². The first kappa shape index (κ1) is 20.4. The van der Waals surface area contributed by atoms with Crippen molar-refractivity contribution < 1.29 is 9.53 Å². The number of nitrogens with zero attached hydrogens (tertiary/aromatic N) is 1. The second kappa shape index (κ2) is 11.0. The molecule has 0 spiro atoms. The molecule has 0 fully saturated rings. The molecule has 0 saturated heterocycles. The maximum atomic E-state index is 12.0. The number of esters is 1. The van der Waals surface area contributed by atoms with Gasteiger partial charge < -0.3 is 15.0 Å². The van der Waals surface area contributed by atoms with Gasteiger partial charge in [0.15, 0.2) is 0 Å². The first-order chi connectivity index (χ1) is 9.95. The van der Waals surface area contributed by atoms with E-state index in [-0.39, 0.29) is 5.97 Å². The van der Waals surface area contributed by atoms with Crippen molar-refractivity contribution >= 4 is 5.97 Å². The Morgan fingerprint density at radius 2 is 1.86 bits per heavy atom. The fourth-order valence-corrected chi connectivity index (χ4v) is 2.82. The Morgan fingerprint density at radius 1 is 1.24 bits per heavy atom. The van der Waals surface area contributed by atoms with Gasteiger partial charge in [0.05, 0.1) is 7.11 Å². The van der Waals surface area contributed by atoms with Crippen LogP contribution in [-0.4, -0.2) is 49.7 Å². The summed E-state index contributed by atoms with van der Waals surface area (Å²) in [4.78, 5) is 14.4. The molecule has 1 unspecified atom stereocenters. The number of hydrogen-bond donors (Lipinski definition) is 1. The minimum Gasteiger partial charge on any atom is -0.468 e. The molecule has 0 amide bonds. The highest BCUT2D eigenvalue weighted by Crippen LogP contribution is 2.17. The van der Waals surface area contributed by atoms with E-state index in [4.69, 9.17) is 4.74 Å². The number of rotatable bonds is 12. The normalized spacial score (nSPS) is 14.5. The van der Waals surface area contributed by atoms with Crippen molar-refractivity contribution in [2.24, 2.45) is 0 Å². The number of unbranched alkanes of at least 4 members (excludes halogenated alkanes) is 1. The van der Waals surface area contributed by atoms with Gasteiger partial charge in [-0.25, -0.2) is 0 Å². The van der Waals surface area contributed by atoms with E-state index in [0.717, 1.165) is 38.8 Å². The lowest BCUT2D eigenvalue weighted by Gasteiger charge is -2.29. The highest BCUT2D eigenvalue weighted by atomic mass is 16.5. The number of hydrogen-bond acceptors (Lipinski definition) is 4. The van der Waals surface area contributed by atoms with Crippen LogP contribution >= 0.6 is 0 Å². The molecule has 1 atom stereocenters. The second-order valence-corrected chi connectivity index (χ2v) is 6.16. The molecule has 126 valence electrons. The van der Waals surface area contributed by atoms with Gasteiger partial charge in [-0.3, -0.25) is 4.79 Å². The molecule has 0 rings (SSSR count). The Kier molecular flexibility index (Phi) is 10.7. The molecule has 1 N–H and O–H groups in total. The van der Waals surface area contributed by atoms with E-state index in [1.165, 1.54) is 20.0 Å². The zero-order valence-electron chi connectivity index (χ0n) is 15.0. The molecule has 0 radical (unpaired) electrons. The standard InChI is InChI=1S/C17H36N2O2/c1-7-13-18-17(4,16(20)21-6)12-10-11-14-19(5)15(8-2)9-3/h15,18H,7-14H2,1-6H3. The molecule has 0 aliphatic carbocycles. The van der Waals surface area contributed by atoms with E-state index in [1.54, 1.807) is 0 Å². The van der Waals surface area contributed by atoms with Gasteiger partial charge in [0.25, 0.3) is 0 Å². The molecule has 0 saturated carbocycles. The number of nitrogens with one attached hydrogen (secondary N) is 1. The third-order valence-electron chi connectivity index (χ3n) is 4.40. The molecule has 0 aromatic carbocycles. The summed E-state index contributed by atoms with van der Waals surface area (Å²) in [6.07, 6.45) is 6.40. The van der Waals surface area contributed by atoms with Crippen LogP contribution in [-0.2, 0) is 9.53 Å². The largest absolute Gasteiger partial charge is 0.468 e. The van der Waals surface area contributed by atoms with Gasteiger partial charge in [0.1, 0.15) is 5.54 Å². The molecule has 0 heterocycles. The predicted octanol–water partition coefficient (Wildman–Crippen LogP) is 3.21. The third kappa shape index (κ3) is 7.28. The van der Waals surface area contributed by atoms with Gasteiger partial charge >= 0.3 is 5.97 Å². The van der Waals surface area contributed by atoms with E-state index in [1.807, 2.05) is 6.92 Å².